The molecule has 0 aromatic carbocycles. The quantitative estimate of drug-likeness (QED) is 0.805. The van der Waals surface area contributed by atoms with E-state index in [4.69, 9.17) is 4.74 Å². The number of morpholine rings is 1. The van der Waals surface area contributed by atoms with Gasteiger partial charge in [-0.25, -0.2) is 0 Å². The molecule has 2 fully saturated rings. The summed E-state index contributed by atoms with van der Waals surface area (Å²) in [5.74, 6) is 0.297. The highest BCUT2D eigenvalue weighted by atomic mass is 16.5. The van der Waals surface area contributed by atoms with E-state index in [1.54, 1.807) is 0 Å². The van der Waals surface area contributed by atoms with Crippen LogP contribution in [0, 0.1) is 0 Å². The second-order valence-electron chi connectivity index (χ2n) is 5.09. The molecule has 1 amide bonds. The fourth-order valence-electron chi connectivity index (χ4n) is 2.63. The minimum Gasteiger partial charge on any atom is -0.375 e. The lowest BCUT2D eigenvalue weighted by molar-refractivity contribution is -0.139. The first kappa shape index (κ1) is 12.8. The summed E-state index contributed by atoms with van der Waals surface area (Å²) in [4.78, 5) is 14.1. The SMILES string of the molecule is CCC1CN(C(=O)CC2CCCCN2)CCO1. The van der Waals surface area contributed by atoms with Crippen molar-refractivity contribution in [2.75, 3.05) is 26.2 Å². The number of amides is 1. The van der Waals surface area contributed by atoms with Crippen molar-refractivity contribution < 1.29 is 9.53 Å². The van der Waals surface area contributed by atoms with E-state index in [-0.39, 0.29) is 6.10 Å². The Hall–Kier alpha value is -0.610. The van der Waals surface area contributed by atoms with E-state index in [9.17, 15) is 4.79 Å². The number of carbonyl (C=O) groups excluding carboxylic acids is 1. The van der Waals surface area contributed by atoms with E-state index in [2.05, 4.69) is 12.2 Å². The Morgan fingerprint density at radius 2 is 2.35 bits per heavy atom. The van der Waals surface area contributed by atoms with Crippen molar-refractivity contribution in [1.82, 2.24) is 10.2 Å². The molecule has 4 nitrogen and oxygen atoms in total. The van der Waals surface area contributed by atoms with Gasteiger partial charge in [-0.2, -0.15) is 0 Å². The lowest BCUT2D eigenvalue weighted by Gasteiger charge is -2.34. The van der Waals surface area contributed by atoms with Crippen LogP contribution in [0.15, 0.2) is 0 Å². The molecule has 0 spiro atoms. The van der Waals surface area contributed by atoms with Crippen LogP contribution in [0.5, 0.6) is 0 Å². The summed E-state index contributed by atoms with van der Waals surface area (Å²) in [5.41, 5.74) is 0. The first-order valence-electron chi connectivity index (χ1n) is 6.92. The van der Waals surface area contributed by atoms with Crippen molar-refractivity contribution in [3.05, 3.63) is 0 Å². The van der Waals surface area contributed by atoms with Crippen LogP contribution in [0.25, 0.3) is 0 Å². The molecule has 4 heteroatoms. The molecule has 2 rings (SSSR count). The molecule has 2 unspecified atom stereocenters. The summed E-state index contributed by atoms with van der Waals surface area (Å²) < 4.78 is 5.59. The van der Waals surface area contributed by atoms with Crippen LogP contribution >= 0.6 is 0 Å². The summed E-state index contributed by atoms with van der Waals surface area (Å²) in [5, 5.41) is 3.44. The molecule has 0 aromatic rings. The molecule has 2 atom stereocenters. The Morgan fingerprint density at radius 3 is 3.06 bits per heavy atom. The van der Waals surface area contributed by atoms with Gasteiger partial charge in [-0.05, 0) is 25.8 Å². The van der Waals surface area contributed by atoms with Gasteiger partial charge in [0.2, 0.25) is 5.91 Å². The monoisotopic (exact) mass is 240 g/mol. The van der Waals surface area contributed by atoms with Gasteiger partial charge in [0.25, 0.3) is 0 Å². The largest absolute Gasteiger partial charge is 0.375 e. The zero-order valence-electron chi connectivity index (χ0n) is 10.8. The van der Waals surface area contributed by atoms with Gasteiger partial charge in [-0.3, -0.25) is 4.79 Å². The summed E-state index contributed by atoms with van der Waals surface area (Å²) in [6, 6.07) is 0.402. The van der Waals surface area contributed by atoms with Crippen LogP contribution in [0.3, 0.4) is 0 Å². The van der Waals surface area contributed by atoms with Gasteiger partial charge in [-0.1, -0.05) is 13.3 Å². The molecule has 0 aliphatic carbocycles. The van der Waals surface area contributed by atoms with E-state index in [1.807, 2.05) is 4.90 Å². The Balaban J connectivity index is 1.78. The van der Waals surface area contributed by atoms with Crippen LogP contribution in [0.1, 0.15) is 39.0 Å². The van der Waals surface area contributed by atoms with Crippen LogP contribution in [-0.2, 0) is 9.53 Å². The molecule has 2 saturated heterocycles. The molecule has 0 radical (unpaired) electrons. The Bertz CT molecular complexity index is 252. The maximum Gasteiger partial charge on any atom is 0.224 e. The van der Waals surface area contributed by atoms with Crippen LogP contribution < -0.4 is 5.32 Å². The molecule has 0 saturated carbocycles. The molecular weight excluding hydrogens is 216 g/mol. The van der Waals surface area contributed by atoms with Crippen LogP contribution in [0.4, 0.5) is 0 Å². The normalized spacial score (nSPS) is 30.3. The van der Waals surface area contributed by atoms with E-state index >= 15 is 0 Å². The lowest BCUT2D eigenvalue weighted by Crippen LogP contribution is -2.47. The minimum absolute atomic E-state index is 0.243. The van der Waals surface area contributed by atoms with E-state index in [1.165, 1.54) is 12.8 Å². The predicted molar refractivity (Wildman–Crippen MR) is 66.9 cm³/mol. The van der Waals surface area contributed by atoms with Gasteiger partial charge in [0, 0.05) is 25.6 Å². The number of rotatable bonds is 3. The van der Waals surface area contributed by atoms with Crippen molar-refractivity contribution in [1.29, 1.82) is 0 Å². The summed E-state index contributed by atoms with van der Waals surface area (Å²) in [6.07, 6.45) is 5.55. The Labute approximate surface area is 104 Å². The first-order valence-corrected chi connectivity index (χ1v) is 6.92. The molecule has 1 N–H and O–H groups in total. The van der Waals surface area contributed by atoms with Gasteiger partial charge in [0.1, 0.15) is 0 Å². The molecule has 17 heavy (non-hydrogen) atoms. The third-order valence-corrected chi connectivity index (χ3v) is 3.78. The van der Waals surface area contributed by atoms with Gasteiger partial charge >= 0.3 is 0 Å². The number of carbonyl (C=O) groups is 1. The molecule has 2 aliphatic heterocycles. The average molecular weight is 240 g/mol. The predicted octanol–water partition coefficient (Wildman–Crippen LogP) is 1.16. The van der Waals surface area contributed by atoms with Crippen molar-refractivity contribution in [2.24, 2.45) is 0 Å². The maximum atomic E-state index is 12.2. The summed E-state index contributed by atoms with van der Waals surface area (Å²) in [7, 11) is 0. The van der Waals surface area contributed by atoms with E-state index in [0.29, 0.717) is 25.0 Å². The molecule has 2 heterocycles. The number of piperidine rings is 1. The summed E-state index contributed by atoms with van der Waals surface area (Å²) >= 11 is 0. The zero-order valence-corrected chi connectivity index (χ0v) is 10.8. The van der Waals surface area contributed by atoms with Crippen molar-refractivity contribution in [3.63, 3.8) is 0 Å². The van der Waals surface area contributed by atoms with E-state index in [0.717, 1.165) is 32.5 Å². The third-order valence-electron chi connectivity index (χ3n) is 3.78. The first-order chi connectivity index (χ1) is 8.29. The molecule has 0 bridgehead atoms. The third kappa shape index (κ3) is 3.68. The number of nitrogens with one attached hydrogen (secondary N) is 1. The minimum atomic E-state index is 0.243. The average Bonchev–Trinajstić information content (AvgIpc) is 2.40. The van der Waals surface area contributed by atoms with Crippen LogP contribution in [0.2, 0.25) is 0 Å². The lowest BCUT2D eigenvalue weighted by atomic mass is 10.0. The highest BCUT2D eigenvalue weighted by Crippen LogP contribution is 2.14. The molecular formula is C13H24N2O2. The van der Waals surface area contributed by atoms with Crippen molar-refractivity contribution in [3.8, 4) is 0 Å². The maximum absolute atomic E-state index is 12.2. The molecule has 98 valence electrons. The molecule has 2 aliphatic rings. The second-order valence-corrected chi connectivity index (χ2v) is 5.09. The zero-order chi connectivity index (χ0) is 12.1. The summed E-state index contributed by atoms with van der Waals surface area (Å²) in [6.45, 7) is 5.42. The number of hydrogen-bond donors (Lipinski definition) is 1. The number of nitrogens with zero attached hydrogens (tertiary/aromatic N) is 1. The van der Waals surface area contributed by atoms with Gasteiger partial charge in [0.05, 0.1) is 12.7 Å². The Kier molecular flexibility index (Phi) is 4.80. The van der Waals surface area contributed by atoms with Gasteiger partial charge in [-0.15, -0.1) is 0 Å². The van der Waals surface area contributed by atoms with Crippen molar-refractivity contribution in [2.45, 2.75) is 51.2 Å². The van der Waals surface area contributed by atoms with Crippen molar-refractivity contribution >= 4 is 5.91 Å². The topological polar surface area (TPSA) is 41.6 Å². The van der Waals surface area contributed by atoms with Gasteiger partial charge < -0.3 is 15.0 Å². The van der Waals surface area contributed by atoms with Crippen LogP contribution in [-0.4, -0.2) is 49.2 Å². The highest BCUT2D eigenvalue weighted by molar-refractivity contribution is 5.77. The fourth-order valence-corrected chi connectivity index (χ4v) is 2.63. The smallest absolute Gasteiger partial charge is 0.224 e. The second kappa shape index (κ2) is 6.36. The van der Waals surface area contributed by atoms with E-state index < -0.39 is 0 Å². The standard InChI is InChI=1S/C13H24N2O2/c1-2-12-10-15(7-8-17-12)13(16)9-11-5-3-4-6-14-11/h11-12,14H,2-10H2,1H3. The number of ether oxygens (including phenoxy) is 1. The molecule has 0 aromatic heterocycles. The van der Waals surface area contributed by atoms with Gasteiger partial charge in [0.15, 0.2) is 0 Å². The Morgan fingerprint density at radius 1 is 1.47 bits per heavy atom. The number of hydrogen-bond acceptors (Lipinski definition) is 3. The highest BCUT2D eigenvalue weighted by Gasteiger charge is 2.25. The fraction of sp³-hybridized carbons (Fsp3) is 0.923.